The monoisotopic (exact) mass is 202 g/mol. The number of nitriles is 1. The number of hydrogen-bond donors (Lipinski definition) is 1. The number of nitrogens with zero attached hydrogens (tertiary/aromatic N) is 1. The van der Waals surface area contributed by atoms with Crippen LogP contribution in [0.5, 0.6) is 5.75 Å². The topological polar surface area (TPSA) is 59.0 Å². The first-order valence-electron chi connectivity index (χ1n) is 5.26. The van der Waals surface area contributed by atoms with Gasteiger partial charge in [-0.1, -0.05) is 0 Å². The van der Waals surface area contributed by atoms with Crippen molar-refractivity contribution in [3.8, 4) is 11.8 Å². The van der Waals surface area contributed by atoms with E-state index in [-0.39, 0.29) is 0 Å². The van der Waals surface area contributed by atoms with Crippen LogP contribution in [0, 0.1) is 11.3 Å². The van der Waals surface area contributed by atoms with Crippen molar-refractivity contribution in [3.05, 3.63) is 23.8 Å². The van der Waals surface area contributed by atoms with Gasteiger partial charge in [0, 0.05) is 5.69 Å². The molecule has 0 spiro atoms. The summed E-state index contributed by atoms with van der Waals surface area (Å²) in [5.41, 5.74) is 6.63. The fourth-order valence-corrected chi connectivity index (χ4v) is 1.90. The highest BCUT2D eigenvalue weighted by Gasteiger charge is 2.16. The molecule has 1 fully saturated rings. The van der Waals surface area contributed by atoms with E-state index >= 15 is 0 Å². The third kappa shape index (κ3) is 2.21. The number of ether oxygens (including phenoxy) is 1. The molecule has 1 saturated carbocycles. The van der Waals surface area contributed by atoms with Gasteiger partial charge in [0.05, 0.1) is 11.7 Å². The van der Waals surface area contributed by atoms with Crippen molar-refractivity contribution >= 4 is 5.69 Å². The number of benzene rings is 1. The first-order chi connectivity index (χ1) is 7.29. The van der Waals surface area contributed by atoms with Crippen LogP contribution in [0.4, 0.5) is 5.69 Å². The number of nitrogens with two attached hydrogens (primary N) is 1. The maximum Gasteiger partial charge on any atom is 0.121 e. The Morgan fingerprint density at radius 2 is 2.07 bits per heavy atom. The lowest BCUT2D eigenvalue weighted by Crippen LogP contribution is -2.10. The Hall–Kier alpha value is -1.69. The van der Waals surface area contributed by atoms with E-state index in [4.69, 9.17) is 15.7 Å². The Labute approximate surface area is 89.5 Å². The standard InChI is InChI=1S/C12H14N2O/c13-8-9-7-11(5-6-12(9)14)15-10-3-1-2-4-10/h5-7,10H,1-4,14H2. The van der Waals surface area contributed by atoms with Gasteiger partial charge in [-0.3, -0.25) is 0 Å². The molecule has 2 N–H and O–H groups in total. The number of anilines is 1. The zero-order chi connectivity index (χ0) is 10.7. The molecule has 78 valence electrons. The van der Waals surface area contributed by atoms with Gasteiger partial charge < -0.3 is 10.5 Å². The van der Waals surface area contributed by atoms with Crippen molar-refractivity contribution in [2.45, 2.75) is 31.8 Å². The van der Waals surface area contributed by atoms with Gasteiger partial charge in [0.2, 0.25) is 0 Å². The summed E-state index contributed by atoms with van der Waals surface area (Å²) in [5, 5.41) is 8.82. The minimum atomic E-state index is 0.320. The van der Waals surface area contributed by atoms with E-state index in [1.165, 1.54) is 12.8 Å². The van der Waals surface area contributed by atoms with Crippen molar-refractivity contribution in [1.82, 2.24) is 0 Å². The minimum absolute atomic E-state index is 0.320. The average Bonchev–Trinajstić information content (AvgIpc) is 2.73. The van der Waals surface area contributed by atoms with Gasteiger partial charge in [0.25, 0.3) is 0 Å². The number of nitrogen functional groups attached to an aromatic ring is 1. The summed E-state index contributed by atoms with van der Waals surface area (Å²) < 4.78 is 5.77. The second-order valence-corrected chi connectivity index (χ2v) is 3.89. The quantitative estimate of drug-likeness (QED) is 0.749. The Balaban J connectivity index is 2.11. The van der Waals surface area contributed by atoms with Crippen LogP contribution in [0.25, 0.3) is 0 Å². The van der Waals surface area contributed by atoms with Gasteiger partial charge in [-0.25, -0.2) is 0 Å². The molecule has 0 aliphatic heterocycles. The molecule has 3 heteroatoms. The van der Waals surface area contributed by atoms with Crippen molar-refractivity contribution in [2.75, 3.05) is 5.73 Å². The molecule has 0 aromatic heterocycles. The van der Waals surface area contributed by atoms with Gasteiger partial charge in [-0.2, -0.15) is 5.26 Å². The largest absolute Gasteiger partial charge is 0.490 e. The van der Waals surface area contributed by atoms with Crippen molar-refractivity contribution < 1.29 is 4.74 Å². The van der Waals surface area contributed by atoms with Gasteiger partial charge >= 0.3 is 0 Å². The molecule has 0 heterocycles. The van der Waals surface area contributed by atoms with Crippen LogP contribution in [0.1, 0.15) is 31.2 Å². The van der Waals surface area contributed by atoms with E-state index in [9.17, 15) is 0 Å². The second-order valence-electron chi connectivity index (χ2n) is 3.89. The molecule has 0 unspecified atom stereocenters. The average molecular weight is 202 g/mol. The molecular formula is C12H14N2O. The first kappa shape index (κ1) is 9.85. The lowest BCUT2D eigenvalue weighted by Gasteiger charge is -2.13. The molecule has 1 aromatic rings. The molecule has 2 rings (SSSR count). The van der Waals surface area contributed by atoms with Crippen molar-refractivity contribution in [1.29, 1.82) is 5.26 Å². The van der Waals surface area contributed by atoms with Crippen LogP contribution < -0.4 is 10.5 Å². The zero-order valence-corrected chi connectivity index (χ0v) is 8.57. The molecule has 15 heavy (non-hydrogen) atoms. The predicted octanol–water partition coefficient (Wildman–Crippen LogP) is 2.46. The molecule has 1 aliphatic rings. The minimum Gasteiger partial charge on any atom is -0.490 e. The maximum absolute atomic E-state index is 8.82. The van der Waals surface area contributed by atoms with Crippen molar-refractivity contribution in [3.63, 3.8) is 0 Å². The summed E-state index contributed by atoms with van der Waals surface area (Å²) in [6.45, 7) is 0. The Bertz CT molecular complexity index is 389. The zero-order valence-electron chi connectivity index (χ0n) is 8.57. The fourth-order valence-electron chi connectivity index (χ4n) is 1.90. The van der Waals surface area contributed by atoms with Gasteiger partial charge in [0.1, 0.15) is 11.8 Å². The molecule has 0 atom stereocenters. The Kier molecular flexibility index (Phi) is 2.77. The normalized spacial score (nSPS) is 16.2. The highest BCUT2D eigenvalue weighted by Crippen LogP contribution is 2.26. The third-order valence-electron chi connectivity index (χ3n) is 2.75. The van der Waals surface area contributed by atoms with Gasteiger partial charge in [-0.05, 0) is 43.9 Å². The summed E-state index contributed by atoms with van der Waals surface area (Å²) in [7, 11) is 0. The second kappa shape index (κ2) is 4.22. The molecule has 3 nitrogen and oxygen atoms in total. The van der Waals surface area contributed by atoms with E-state index in [0.717, 1.165) is 18.6 Å². The van der Waals surface area contributed by atoms with E-state index in [1.807, 2.05) is 6.07 Å². The Morgan fingerprint density at radius 1 is 1.33 bits per heavy atom. The molecule has 0 saturated heterocycles. The highest BCUT2D eigenvalue weighted by molar-refractivity contribution is 5.56. The number of rotatable bonds is 2. The lowest BCUT2D eigenvalue weighted by molar-refractivity contribution is 0.210. The van der Waals surface area contributed by atoms with Crippen LogP contribution in [0.2, 0.25) is 0 Å². The third-order valence-corrected chi connectivity index (χ3v) is 2.75. The van der Waals surface area contributed by atoms with Crippen LogP contribution in [0.3, 0.4) is 0 Å². The van der Waals surface area contributed by atoms with Crippen LogP contribution in [0.15, 0.2) is 18.2 Å². The highest BCUT2D eigenvalue weighted by atomic mass is 16.5. The molecule has 0 bridgehead atoms. The van der Waals surface area contributed by atoms with E-state index in [0.29, 0.717) is 17.4 Å². The van der Waals surface area contributed by atoms with E-state index in [1.54, 1.807) is 12.1 Å². The van der Waals surface area contributed by atoms with Gasteiger partial charge in [0.15, 0.2) is 0 Å². The smallest absolute Gasteiger partial charge is 0.121 e. The first-order valence-corrected chi connectivity index (χ1v) is 5.26. The summed E-state index contributed by atoms with van der Waals surface area (Å²) in [4.78, 5) is 0. The maximum atomic E-state index is 8.82. The van der Waals surface area contributed by atoms with Crippen LogP contribution in [-0.2, 0) is 0 Å². The van der Waals surface area contributed by atoms with Gasteiger partial charge in [-0.15, -0.1) is 0 Å². The number of hydrogen-bond acceptors (Lipinski definition) is 3. The predicted molar refractivity (Wildman–Crippen MR) is 58.5 cm³/mol. The van der Waals surface area contributed by atoms with Crippen LogP contribution in [-0.4, -0.2) is 6.10 Å². The summed E-state index contributed by atoms with van der Waals surface area (Å²) in [6.07, 6.45) is 5.04. The van der Waals surface area contributed by atoms with E-state index in [2.05, 4.69) is 6.07 Å². The molecule has 1 aromatic carbocycles. The SMILES string of the molecule is N#Cc1cc(OC2CCCC2)ccc1N. The van der Waals surface area contributed by atoms with E-state index < -0.39 is 0 Å². The lowest BCUT2D eigenvalue weighted by atomic mass is 10.2. The molecule has 0 amide bonds. The summed E-state index contributed by atoms with van der Waals surface area (Å²) in [6, 6.07) is 7.32. The summed E-state index contributed by atoms with van der Waals surface area (Å²) in [5.74, 6) is 0.757. The van der Waals surface area contributed by atoms with Crippen LogP contribution >= 0.6 is 0 Å². The van der Waals surface area contributed by atoms with Crippen molar-refractivity contribution in [2.24, 2.45) is 0 Å². The molecule has 1 aliphatic carbocycles. The Morgan fingerprint density at radius 3 is 2.73 bits per heavy atom. The molecule has 0 radical (unpaired) electrons. The fraction of sp³-hybridized carbons (Fsp3) is 0.417. The summed E-state index contributed by atoms with van der Waals surface area (Å²) >= 11 is 0. The molecular weight excluding hydrogens is 188 g/mol.